The fourth-order valence-corrected chi connectivity index (χ4v) is 3.11. The van der Waals surface area contributed by atoms with Gasteiger partial charge < -0.3 is 10.1 Å². The molecule has 1 aliphatic heterocycles. The Morgan fingerprint density at radius 2 is 2.19 bits per heavy atom. The normalized spacial score (nSPS) is 22.2. The summed E-state index contributed by atoms with van der Waals surface area (Å²) >= 11 is 0. The predicted molar refractivity (Wildman–Crippen MR) is 79.2 cm³/mol. The van der Waals surface area contributed by atoms with Gasteiger partial charge in [-0.3, -0.25) is 10.00 Å². The van der Waals surface area contributed by atoms with E-state index in [1.807, 2.05) is 25.7 Å². The number of carbonyl (C=O) groups excluding carboxylic acids is 1. The minimum atomic E-state index is -0.472. The van der Waals surface area contributed by atoms with Crippen molar-refractivity contribution in [1.82, 2.24) is 20.4 Å². The van der Waals surface area contributed by atoms with Crippen molar-refractivity contribution in [2.45, 2.75) is 51.7 Å². The molecule has 1 aliphatic carbocycles. The van der Waals surface area contributed by atoms with E-state index >= 15 is 0 Å². The molecule has 0 aromatic carbocycles. The third kappa shape index (κ3) is 2.90. The number of aromatic amines is 1. The molecule has 6 nitrogen and oxygen atoms in total. The van der Waals surface area contributed by atoms with E-state index in [0.29, 0.717) is 6.54 Å². The second kappa shape index (κ2) is 5.33. The van der Waals surface area contributed by atoms with Crippen LogP contribution >= 0.6 is 0 Å². The smallest absolute Gasteiger partial charge is 0.410 e. The van der Waals surface area contributed by atoms with Crippen LogP contribution in [0.2, 0.25) is 0 Å². The van der Waals surface area contributed by atoms with Crippen molar-refractivity contribution in [2.75, 3.05) is 19.6 Å². The van der Waals surface area contributed by atoms with Gasteiger partial charge in [0.05, 0.1) is 11.7 Å². The summed E-state index contributed by atoms with van der Waals surface area (Å²) in [5, 5.41) is 11.0. The van der Waals surface area contributed by atoms with Crippen molar-refractivity contribution >= 4 is 6.09 Å². The molecule has 116 valence electrons. The van der Waals surface area contributed by atoms with Gasteiger partial charge in [0.15, 0.2) is 0 Å². The average Bonchev–Trinajstić information content (AvgIpc) is 2.99. The lowest BCUT2D eigenvalue weighted by atomic mass is 10.0. The molecule has 0 spiro atoms. The third-order valence-corrected chi connectivity index (χ3v) is 4.03. The van der Waals surface area contributed by atoms with E-state index < -0.39 is 5.60 Å². The maximum absolute atomic E-state index is 12.5. The lowest BCUT2D eigenvalue weighted by molar-refractivity contribution is 0.0112. The first-order valence-electron chi connectivity index (χ1n) is 7.72. The van der Waals surface area contributed by atoms with Gasteiger partial charge in [0, 0.05) is 25.3 Å². The van der Waals surface area contributed by atoms with E-state index in [1.54, 1.807) is 0 Å². The number of ether oxygens (including phenoxy) is 1. The molecule has 2 aliphatic rings. The Morgan fingerprint density at radius 1 is 1.38 bits per heavy atom. The number of hydrogen-bond acceptors (Lipinski definition) is 4. The zero-order valence-electron chi connectivity index (χ0n) is 13.0. The number of nitrogens with one attached hydrogen (secondary N) is 2. The third-order valence-electron chi connectivity index (χ3n) is 4.03. The first kappa shape index (κ1) is 14.4. The van der Waals surface area contributed by atoms with Gasteiger partial charge in [-0.15, -0.1) is 0 Å². The summed E-state index contributed by atoms with van der Waals surface area (Å²) in [6, 6.07) is -0.0355. The van der Waals surface area contributed by atoms with Crippen LogP contribution in [0, 0.1) is 0 Å². The van der Waals surface area contributed by atoms with Crippen LogP contribution in [-0.4, -0.2) is 46.4 Å². The SMILES string of the molecule is CC(C)(C)OC(=O)N1CCNCC1c1n[nH]c2c1CCC2. The molecule has 1 atom stereocenters. The van der Waals surface area contributed by atoms with E-state index in [2.05, 4.69) is 15.5 Å². The number of hydrogen-bond donors (Lipinski definition) is 2. The second-order valence-electron chi connectivity index (χ2n) is 6.81. The highest BCUT2D eigenvalue weighted by atomic mass is 16.6. The molecule has 0 saturated carbocycles. The van der Waals surface area contributed by atoms with E-state index in [9.17, 15) is 4.79 Å². The van der Waals surface area contributed by atoms with E-state index in [0.717, 1.165) is 31.6 Å². The van der Waals surface area contributed by atoms with Crippen LogP contribution in [0.5, 0.6) is 0 Å². The number of fused-ring (bicyclic) bond motifs is 1. The Kier molecular flexibility index (Phi) is 3.65. The summed E-state index contributed by atoms with van der Waals surface area (Å²) in [5.41, 5.74) is 3.08. The molecule has 0 bridgehead atoms. The van der Waals surface area contributed by atoms with E-state index in [1.165, 1.54) is 17.7 Å². The monoisotopic (exact) mass is 292 g/mol. The number of aromatic nitrogens is 2. The highest BCUT2D eigenvalue weighted by Gasteiger charge is 2.35. The summed E-state index contributed by atoms with van der Waals surface area (Å²) in [5.74, 6) is 0. The minimum Gasteiger partial charge on any atom is -0.444 e. The molecule has 21 heavy (non-hydrogen) atoms. The molecule has 2 N–H and O–H groups in total. The molecular formula is C15H24N4O2. The standard InChI is InChI=1S/C15H24N4O2/c1-15(2,3)21-14(20)19-8-7-16-9-12(19)13-10-5-4-6-11(10)17-18-13/h12,16H,4-9H2,1-3H3,(H,17,18). The number of carbonyl (C=O) groups is 1. The van der Waals surface area contributed by atoms with Crippen molar-refractivity contribution < 1.29 is 9.53 Å². The van der Waals surface area contributed by atoms with Crippen LogP contribution in [0.3, 0.4) is 0 Å². The molecule has 6 heteroatoms. The Labute approximate surface area is 125 Å². The van der Waals surface area contributed by atoms with Crippen molar-refractivity contribution in [3.05, 3.63) is 17.0 Å². The van der Waals surface area contributed by atoms with Gasteiger partial charge >= 0.3 is 6.09 Å². The molecule has 0 radical (unpaired) electrons. The fourth-order valence-electron chi connectivity index (χ4n) is 3.11. The largest absolute Gasteiger partial charge is 0.444 e. The molecule has 1 aromatic rings. The van der Waals surface area contributed by atoms with Crippen molar-refractivity contribution in [2.24, 2.45) is 0 Å². The molecule has 1 amide bonds. The summed E-state index contributed by atoms with van der Waals surface area (Å²) in [4.78, 5) is 14.3. The fraction of sp³-hybridized carbons (Fsp3) is 0.733. The molecule has 1 saturated heterocycles. The summed E-state index contributed by atoms with van der Waals surface area (Å²) in [6.07, 6.45) is 3.04. The van der Waals surface area contributed by atoms with Crippen molar-refractivity contribution in [3.8, 4) is 0 Å². The number of rotatable bonds is 1. The van der Waals surface area contributed by atoms with E-state index in [4.69, 9.17) is 4.74 Å². The quantitative estimate of drug-likeness (QED) is 0.828. The number of H-pyrrole nitrogens is 1. The van der Waals surface area contributed by atoms with Gasteiger partial charge in [0.1, 0.15) is 5.60 Å². The van der Waals surface area contributed by atoms with Crippen LogP contribution < -0.4 is 5.32 Å². The Bertz CT molecular complexity index is 532. The van der Waals surface area contributed by atoms with Crippen molar-refractivity contribution in [3.63, 3.8) is 0 Å². The van der Waals surface area contributed by atoms with Crippen LogP contribution in [0.15, 0.2) is 0 Å². The molecule has 1 aromatic heterocycles. The Hall–Kier alpha value is -1.56. The lowest BCUT2D eigenvalue weighted by Gasteiger charge is -2.36. The average molecular weight is 292 g/mol. The topological polar surface area (TPSA) is 70.2 Å². The minimum absolute atomic E-state index is 0.0355. The Balaban J connectivity index is 1.83. The second-order valence-corrected chi connectivity index (χ2v) is 6.81. The van der Waals surface area contributed by atoms with Gasteiger partial charge in [-0.2, -0.15) is 5.10 Å². The van der Waals surface area contributed by atoms with Gasteiger partial charge in [-0.1, -0.05) is 0 Å². The first-order chi connectivity index (χ1) is 9.96. The van der Waals surface area contributed by atoms with E-state index in [-0.39, 0.29) is 12.1 Å². The van der Waals surface area contributed by atoms with Gasteiger partial charge in [0.2, 0.25) is 0 Å². The summed E-state index contributed by atoms with van der Waals surface area (Å²) in [6.45, 7) is 7.87. The van der Waals surface area contributed by atoms with Crippen LogP contribution in [0.25, 0.3) is 0 Å². The molecule has 2 heterocycles. The van der Waals surface area contributed by atoms with Crippen LogP contribution in [0.4, 0.5) is 4.79 Å². The highest BCUT2D eigenvalue weighted by molar-refractivity contribution is 5.69. The van der Waals surface area contributed by atoms with Gasteiger partial charge in [-0.05, 0) is 45.6 Å². The maximum atomic E-state index is 12.5. The van der Waals surface area contributed by atoms with Crippen molar-refractivity contribution in [1.29, 1.82) is 0 Å². The zero-order chi connectivity index (χ0) is 15.0. The Morgan fingerprint density at radius 3 is 2.95 bits per heavy atom. The molecular weight excluding hydrogens is 268 g/mol. The first-order valence-corrected chi connectivity index (χ1v) is 7.72. The number of aryl methyl sites for hydroxylation is 1. The number of amides is 1. The highest BCUT2D eigenvalue weighted by Crippen LogP contribution is 2.31. The predicted octanol–water partition coefficient (Wildman–Crippen LogP) is 1.78. The summed E-state index contributed by atoms with van der Waals surface area (Å²) in [7, 11) is 0. The molecule has 3 rings (SSSR count). The maximum Gasteiger partial charge on any atom is 0.410 e. The number of nitrogens with zero attached hydrogens (tertiary/aromatic N) is 2. The molecule has 1 unspecified atom stereocenters. The van der Waals surface area contributed by atoms with Gasteiger partial charge in [0.25, 0.3) is 0 Å². The zero-order valence-corrected chi connectivity index (χ0v) is 13.0. The molecule has 1 fully saturated rings. The number of piperazine rings is 1. The van der Waals surface area contributed by atoms with Crippen LogP contribution in [-0.2, 0) is 17.6 Å². The summed E-state index contributed by atoms with van der Waals surface area (Å²) < 4.78 is 5.55. The lowest BCUT2D eigenvalue weighted by Crippen LogP contribution is -2.50. The van der Waals surface area contributed by atoms with Crippen LogP contribution in [0.1, 0.15) is 50.2 Å². The van der Waals surface area contributed by atoms with Gasteiger partial charge in [-0.25, -0.2) is 4.79 Å².